The molecule has 4 aromatic heterocycles. The molecule has 22 nitrogen and oxygen atoms in total. The number of fused-ring (bicyclic) bond motifs is 4. The van der Waals surface area contributed by atoms with E-state index in [2.05, 4.69) is 50.5 Å². The SMILES string of the molecule is CCc1cc(O)c(F)cc1-c1cc(F)c2c(-c3nc4c([nH]3)CN(C(=O)CN3CCOCC3)CC4)n[nH]c2c1.CCc1cc(O)c(F)cc1-c1cc(F)c2c(-c3nc4c([nH]3)CNCC4)n[nH]c2c1.O=C(CN1CCOCC1)ON1C(=O)CCC1=O. The molecule has 26 heteroatoms. The fraction of sp³-hybridized carbons (Fsp3) is 0.379. The molecule has 440 valence electrons. The maximum atomic E-state index is 15.5. The van der Waals surface area contributed by atoms with Crippen molar-refractivity contribution in [1.29, 1.82) is 0 Å². The topological polar surface area (TPSA) is 276 Å². The molecule has 0 aliphatic carbocycles. The van der Waals surface area contributed by atoms with Crippen molar-refractivity contribution in [2.75, 3.05) is 78.8 Å². The molecule has 8 aromatic rings. The number of rotatable bonds is 11. The number of hydrogen-bond donors (Lipinski definition) is 7. The van der Waals surface area contributed by atoms with Crippen LogP contribution in [0.15, 0.2) is 48.5 Å². The molecule has 0 unspecified atom stereocenters. The zero-order chi connectivity index (χ0) is 58.8. The van der Waals surface area contributed by atoms with Gasteiger partial charge in [-0.3, -0.25) is 34.4 Å². The van der Waals surface area contributed by atoms with Crippen molar-refractivity contribution in [2.24, 2.45) is 0 Å². The Morgan fingerprint density at radius 2 is 1.12 bits per heavy atom. The molecule has 9 heterocycles. The largest absolute Gasteiger partial charge is 0.505 e. The third-order valence-corrected chi connectivity index (χ3v) is 15.4. The Bertz CT molecular complexity index is 3770. The van der Waals surface area contributed by atoms with Gasteiger partial charge in [0.1, 0.15) is 23.0 Å². The van der Waals surface area contributed by atoms with Crippen molar-refractivity contribution in [3.63, 3.8) is 0 Å². The first-order valence-electron chi connectivity index (χ1n) is 27.8. The zero-order valence-corrected chi connectivity index (χ0v) is 46.1. The van der Waals surface area contributed by atoms with Crippen LogP contribution in [0.1, 0.15) is 60.6 Å². The number of ether oxygens (including phenoxy) is 2. The van der Waals surface area contributed by atoms with Crippen molar-refractivity contribution >= 4 is 45.5 Å². The molecule has 7 N–H and O–H groups in total. The number of hydroxylamine groups is 2. The molecule has 0 radical (unpaired) electrons. The first-order chi connectivity index (χ1) is 40.6. The number of benzene rings is 4. The molecule has 84 heavy (non-hydrogen) atoms. The number of H-pyrrole nitrogens is 4. The van der Waals surface area contributed by atoms with Gasteiger partial charge >= 0.3 is 5.97 Å². The lowest BCUT2D eigenvalue weighted by Gasteiger charge is -2.31. The Morgan fingerprint density at radius 1 is 0.619 bits per heavy atom. The summed E-state index contributed by atoms with van der Waals surface area (Å²) >= 11 is 0. The number of nitrogens with one attached hydrogen (secondary N) is 5. The van der Waals surface area contributed by atoms with Crippen LogP contribution in [0.5, 0.6) is 11.5 Å². The van der Waals surface area contributed by atoms with Crippen molar-refractivity contribution in [1.82, 2.24) is 65.4 Å². The summed E-state index contributed by atoms with van der Waals surface area (Å²) in [6.07, 6.45) is 2.76. The summed E-state index contributed by atoms with van der Waals surface area (Å²) in [5.41, 5.74) is 8.82. The van der Waals surface area contributed by atoms with E-state index in [1.54, 1.807) is 12.1 Å². The van der Waals surface area contributed by atoms with E-state index in [-0.39, 0.29) is 30.7 Å². The summed E-state index contributed by atoms with van der Waals surface area (Å²) in [6.45, 7) is 12.0. The normalized spacial score (nSPS) is 16.5. The molecule has 3 amide bonds. The van der Waals surface area contributed by atoms with Crippen molar-refractivity contribution in [3.8, 4) is 56.8 Å². The first kappa shape index (κ1) is 57.3. The molecular weight excluding hydrogens is 1100 g/mol. The number of phenolic OH excluding ortho intramolecular Hbond substituents is 2. The highest BCUT2D eigenvalue weighted by molar-refractivity contribution is 6.02. The van der Waals surface area contributed by atoms with Gasteiger partial charge in [0, 0.05) is 71.5 Å². The first-order valence-corrected chi connectivity index (χ1v) is 27.8. The second kappa shape index (κ2) is 24.7. The van der Waals surface area contributed by atoms with Crippen LogP contribution in [-0.2, 0) is 72.3 Å². The summed E-state index contributed by atoms with van der Waals surface area (Å²) in [5, 5.41) is 38.2. The smallest absolute Gasteiger partial charge is 0.347 e. The highest BCUT2D eigenvalue weighted by atomic mass is 19.1. The van der Waals surface area contributed by atoms with E-state index in [0.29, 0.717) is 157 Å². The summed E-state index contributed by atoms with van der Waals surface area (Å²) in [7, 11) is 0. The summed E-state index contributed by atoms with van der Waals surface area (Å²) in [4.78, 5) is 73.1. The van der Waals surface area contributed by atoms with E-state index in [9.17, 15) is 38.2 Å². The number of imide groups is 1. The van der Waals surface area contributed by atoms with E-state index in [4.69, 9.17) is 14.3 Å². The lowest BCUT2D eigenvalue weighted by atomic mass is 9.96. The molecule has 0 spiro atoms. The van der Waals surface area contributed by atoms with E-state index >= 15 is 8.78 Å². The quantitative estimate of drug-likeness (QED) is 0.0568. The summed E-state index contributed by atoms with van der Waals surface area (Å²) < 4.78 is 69.2. The van der Waals surface area contributed by atoms with Crippen LogP contribution in [0.25, 0.3) is 67.1 Å². The average Bonchev–Trinajstić information content (AvgIpc) is 2.91. The number of aromatic amines is 4. The molecule has 3 fully saturated rings. The maximum absolute atomic E-state index is 15.5. The van der Waals surface area contributed by atoms with Gasteiger partial charge in [-0.05, 0) is 94.8 Å². The Hall–Kier alpha value is -8.56. The molecular formula is C58H61F4N13O9. The zero-order valence-electron chi connectivity index (χ0n) is 46.1. The number of imidazole rings is 2. The number of halogens is 4. The molecule has 3 saturated heterocycles. The number of morpholine rings is 2. The number of aromatic hydroxyl groups is 2. The number of amides is 3. The number of phenols is 2. The van der Waals surface area contributed by atoms with Crippen molar-refractivity contribution in [3.05, 3.63) is 106 Å². The van der Waals surface area contributed by atoms with Gasteiger partial charge in [0.05, 0.1) is 90.6 Å². The third-order valence-electron chi connectivity index (χ3n) is 15.4. The van der Waals surface area contributed by atoms with Gasteiger partial charge in [0.25, 0.3) is 11.8 Å². The molecule has 13 rings (SSSR count). The Balaban J connectivity index is 0.000000141. The number of hydrogen-bond acceptors (Lipinski definition) is 16. The predicted octanol–water partition coefficient (Wildman–Crippen LogP) is 6.12. The van der Waals surface area contributed by atoms with E-state index in [0.717, 1.165) is 54.4 Å². The van der Waals surface area contributed by atoms with Crippen LogP contribution in [-0.4, -0.2) is 173 Å². The minimum Gasteiger partial charge on any atom is -0.505 e. The fourth-order valence-electron chi connectivity index (χ4n) is 10.9. The Kier molecular flexibility index (Phi) is 16.9. The van der Waals surface area contributed by atoms with Gasteiger partial charge in [-0.15, -0.1) is 5.06 Å². The van der Waals surface area contributed by atoms with Crippen molar-refractivity contribution < 1.29 is 61.3 Å². The number of carbonyl (C=O) groups is 4. The predicted molar refractivity (Wildman–Crippen MR) is 296 cm³/mol. The maximum Gasteiger partial charge on any atom is 0.347 e. The lowest BCUT2D eigenvalue weighted by Crippen LogP contribution is -2.46. The second-order valence-corrected chi connectivity index (χ2v) is 20.9. The van der Waals surface area contributed by atoms with E-state index in [1.807, 2.05) is 23.6 Å². The van der Waals surface area contributed by atoms with E-state index in [1.165, 1.54) is 36.4 Å². The summed E-state index contributed by atoms with van der Waals surface area (Å²) in [5.74, 6) is -3.80. The number of carbonyl (C=O) groups excluding carboxylic acids is 4. The second-order valence-electron chi connectivity index (χ2n) is 20.9. The van der Waals surface area contributed by atoms with Gasteiger partial charge in [-0.1, -0.05) is 13.8 Å². The van der Waals surface area contributed by atoms with Gasteiger partial charge in [0.2, 0.25) is 5.91 Å². The average molecular weight is 1160 g/mol. The number of aromatic nitrogens is 8. The van der Waals surface area contributed by atoms with Crippen LogP contribution in [0, 0.1) is 23.3 Å². The molecule has 5 aliphatic rings. The number of nitrogens with zero attached hydrogens (tertiary/aromatic N) is 8. The molecule has 5 aliphatic heterocycles. The van der Waals surface area contributed by atoms with Gasteiger partial charge in [-0.25, -0.2) is 32.3 Å². The highest BCUT2D eigenvalue weighted by Gasteiger charge is 2.34. The van der Waals surface area contributed by atoms with Crippen LogP contribution in [0.3, 0.4) is 0 Å². The Morgan fingerprint density at radius 3 is 1.63 bits per heavy atom. The minimum absolute atomic E-state index is 0.0645. The minimum atomic E-state index is -0.762. The van der Waals surface area contributed by atoms with E-state index < -0.39 is 52.6 Å². The van der Waals surface area contributed by atoms with Crippen LogP contribution in [0.2, 0.25) is 0 Å². The van der Waals surface area contributed by atoms with Crippen LogP contribution < -0.4 is 5.32 Å². The summed E-state index contributed by atoms with van der Waals surface area (Å²) in [6, 6.07) is 11.4. The highest BCUT2D eigenvalue weighted by Crippen LogP contribution is 2.38. The Labute approximate surface area is 477 Å². The monoisotopic (exact) mass is 1160 g/mol. The van der Waals surface area contributed by atoms with Gasteiger partial charge < -0.3 is 44.7 Å². The third kappa shape index (κ3) is 12.1. The van der Waals surface area contributed by atoms with Crippen LogP contribution >= 0.6 is 0 Å². The molecule has 0 saturated carbocycles. The molecule has 0 atom stereocenters. The molecule has 0 bridgehead atoms. The van der Waals surface area contributed by atoms with Gasteiger partial charge in [-0.2, -0.15) is 10.2 Å². The lowest BCUT2D eigenvalue weighted by molar-refractivity contribution is -0.198. The van der Waals surface area contributed by atoms with Gasteiger partial charge in [0.15, 0.2) is 34.8 Å². The van der Waals surface area contributed by atoms with Crippen molar-refractivity contribution in [2.45, 2.75) is 65.5 Å². The number of aryl methyl sites for hydroxylation is 2. The van der Waals surface area contributed by atoms with Crippen LogP contribution in [0.4, 0.5) is 17.6 Å². The standard InChI is InChI=1S/C27H28F2N6O3.C21H19F2N5O.C10H14N2O5/c1-2-15-11-23(36)18(28)12-17(15)16-9-19(29)25-21(10-16)32-33-26(25)27-30-20-3-4-35(13-22(20)31-27)24(37)14-34-5-7-38-8-6-34;1-2-10-7-18(29)13(22)8-12(10)11-5-14(23)19-16(6-11)27-28-20(19)21-25-15-3-4-24-9-17(15)26-21;13-8-1-2-9(14)12(8)17-10(15)7-11-3-5-16-6-4-11/h9-12,36H,2-8,13-14H2,1H3,(H,30,31)(H,32,33);5-8,24,29H,2-4,9H2,1H3,(H,25,26)(H,27,28);1-7H2. The molecule has 4 aromatic carbocycles. The fourth-order valence-corrected chi connectivity index (χ4v) is 10.9.